The van der Waals surface area contributed by atoms with E-state index in [0.717, 1.165) is 25.2 Å². The van der Waals surface area contributed by atoms with Crippen LogP contribution >= 0.6 is 0 Å². The lowest BCUT2D eigenvalue weighted by atomic mass is 9.87. The van der Waals surface area contributed by atoms with Crippen LogP contribution < -0.4 is 0 Å². The maximum Gasteiger partial charge on any atom is 0.243 e. The SMILES string of the molecule is CCCCCN1CCN(S(=O)(=O)c2ccc(C(C)(C)C)cc2)CC1. The van der Waals surface area contributed by atoms with Gasteiger partial charge in [0, 0.05) is 26.2 Å². The molecule has 0 unspecified atom stereocenters. The van der Waals surface area contributed by atoms with Gasteiger partial charge in [0.25, 0.3) is 0 Å². The number of nitrogens with zero attached hydrogens (tertiary/aromatic N) is 2. The maximum absolute atomic E-state index is 12.8. The lowest BCUT2D eigenvalue weighted by Crippen LogP contribution is -2.48. The quantitative estimate of drug-likeness (QED) is 0.736. The monoisotopic (exact) mass is 352 g/mol. The van der Waals surface area contributed by atoms with Gasteiger partial charge in [0.15, 0.2) is 0 Å². The molecule has 0 saturated carbocycles. The molecular formula is C19H32N2O2S. The molecule has 1 aliphatic heterocycles. The summed E-state index contributed by atoms with van der Waals surface area (Å²) in [6.07, 6.45) is 3.68. The maximum atomic E-state index is 12.8. The number of hydrogen-bond donors (Lipinski definition) is 0. The molecule has 1 fully saturated rings. The van der Waals surface area contributed by atoms with E-state index in [0.29, 0.717) is 18.0 Å². The van der Waals surface area contributed by atoms with Crippen molar-refractivity contribution in [2.75, 3.05) is 32.7 Å². The Morgan fingerprint density at radius 1 is 0.958 bits per heavy atom. The third-order valence-electron chi connectivity index (χ3n) is 4.77. The highest BCUT2D eigenvalue weighted by Crippen LogP contribution is 2.25. The van der Waals surface area contributed by atoms with Gasteiger partial charge in [-0.3, -0.25) is 0 Å². The van der Waals surface area contributed by atoms with Crippen LogP contribution in [0.4, 0.5) is 0 Å². The van der Waals surface area contributed by atoms with E-state index in [1.54, 1.807) is 16.4 Å². The van der Waals surface area contributed by atoms with Crippen molar-refractivity contribution in [1.82, 2.24) is 9.21 Å². The van der Waals surface area contributed by atoms with Crippen molar-refractivity contribution in [2.45, 2.75) is 57.3 Å². The van der Waals surface area contributed by atoms with Crippen LogP contribution in [-0.4, -0.2) is 50.3 Å². The molecule has 1 saturated heterocycles. The Labute approximate surface area is 147 Å². The fourth-order valence-electron chi connectivity index (χ4n) is 3.05. The smallest absolute Gasteiger partial charge is 0.243 e. The Balaban J connectivity index is 1.99. The summed E-state index contributed by atoms with van der Waals surface area (Å²) in [6, 6.07) is 7.38. The molecule has 0 aliphatic carbocycles. The van der Waals surface area contributed by atoms with Gasteiger partial charge in [-0.1, -0.05) is 52.7 Å². The Morgan fingerprint density at radius 3 is 2.04 bits per heavy atom. The molecule has 1 aliphatic rings. The average molecular weight is 353 g/mol. The Bertz CT molecular complexity index is 610. The van der Waals surface area contributed by atoms with Gasteiger partial charge >= 0.3 is 0 Å². The topological polar surface area (TPSA) is 40.6 Å². The molecule has 1 aromatic rings. The van der Waals surface area contributed by atoms with E-state index < -0.39 is 10.0 Å². The summed E-state index contributed by atoms with van der Waals surface area (Å²) in [6.45, 7) is 12.5. The summed E-state index contributed by atoms with van der Waals surface area (Å²) >= 11 is 0. The van der Waals surface area contributed by atoms with Gasteiger partial charge in [-0.05, 0) is 36.1 Å². The van der Waals surface area contributed by atoms with Gasteiger partial charge in [-0.25, -0.2) is 8.42 Å². The molecule has 0 amide bonds. The second-order valence-corrected chi connectivity index (χ2v) is 9.67. The summed E-state index contributed by atoms with van der Waals surface area (Å²) in [4.78, 5) is 2.79. The highest BCUT2D eigenvalue weighted by Gasteiger charge is 2.28. The number of benzene rings is 1. The Hall–Kier alpha value is -0.910. The first-order chi connectivity index (χ1) is 11.2. The standard InChI is InChI=1S/C19H32N2O2S/c1-5-6-7-12-20-13-15-21(16-14-20)24(22,23)18-10-8-17(9-11-18)19(2,3)4/h8-11H,5-7,12-16H2,1-4H3. The van der Waals surface area contributed by atoms with Gasteiger partial charge < -0.3 is 4.90 Å². The van der Waals surface area contributed by atoms with Gasteiger partial charge in [-0.15, -0.1) is 0 Å². The van der Waals surface area contributed by atoms with Crippen LogP contribution in [0.25, 0.3) is 0 Å². The van der Waals surface area contributed by atoms with Crippen molar-refractivity contribution >= 4 is 10.0 Å². The molecule has 5 heteroatoms. The molecule has 4 nitrogen and oxygen atoms in total. The summed E-state index contributed by atoms with van der Waals surface area (Å²) in [5, 5.41) is 0. The van der Waals surface area contributed by atoms with E-state index in [2.05, 4.69) is 32.6 Å². The van der Waals surface area contributed by atoms with Crippen LogP contribution in [0.3, 0.4) is 0 Å². The minimum atomic E-state index is -3.37. The van der Waals surface area contributed by atoms with E-state index in [1.807, 2.05) is 12.1 Å². The highest BCUT2D eigenvalue weighted by molar-refractivity contribution is 7.89. The van der Waals surface area contributed by atoms with Gasteiger partial charge in [0.2, 0.25) is 10.0 Å². The van der Waals surface area contributed by atoms with Crippen molar-refractivity contribution in [3.8, 4) is 0 Å². The fourth-order valence-corrected chi connectivity index (χ4v) is 4.48. The number of sulfonamides is 1. The van der Waals surface area contributed by atoms with Crippen molar-refractivity contribution in [1.29, 1.82) is 0 Å². The zero-order chi connectivity index (χ0) is 17.8. The summed E-state index contributed by atoms with van der Waals surface area (Å²) in [7, 11) is -3.37. The second kappa shape index (κ2) is 7.98. The van der Waals surface area contributed by atoms with E-state index in [-0.39, 0.29) is 5.41 Å². The third kappa shape index (κ3) is 4.80. The zero-order valence-electron chi connectivity index (χ0n) is 15.6. The van der Waals surface area contributed by atoms with E-state index in [9.17, 15) is 8.42 Å². The van der Waals surface area contributed by atoms with E-state index in [1.165, 1.54) is 19.3 Å². The third-order valence-corrected chi connectivity index (χ3v) is 6.68. The molecule has 24 heavy (non-hydrogen) atoms. The molecule has 1 heterocycles. The molecular weight excluding hydrogens is 320 g/mol. The summed E-state index contributed by atoms with van der Waals surface area (Å²) in [5.74, 6) is 0. The lowest BCUT2D eigenvalue weighted by molar-refractivity contribution is 0.185. The number of piperazine rings is 1. The molecule has 136 valence electrons. The first-order valence-electron chi connectivity index (χ1n) is 9.08. The van der Waals surface area contributed by atoms with Crippen molar-refractivity contribution in [3.63, 3.8) is 0 Å². The fraction of sp³-hybridized carbons (Fsp3) is 0.684. The molecule has 2 rings (SSSR count). The summed E-state index contributed by atoms with van der Waals surface area (Å²) < 4.78 is 27.3. The number of unbranched alkanes of at least 4 members (excludes halogenated alkanes) is 2. The first kappa shape index (κ1) is 19.4. The normalized spacial score (nSPS) is 18.0. The largest absolute Gasteiger partial charge is 0.301 e. The van der Waals surface area contributed by atoms with Gasteiger partial charge in [0.05, 0.1) is 4.90 Å². The molecule has 0 atom stereocenters. The molecule has 0 bridgehead atoms. The molecule has 0 aromatic heterocycles. The lowest BCUT2D eigenvalue weighted by Gasteiger charge is -2.34. The van der Waals surface area contributed by atoms with Gasteiger partial charge in [0.1, 0.15) is 0 Å². The van der Waals surface area contributed by atoms with E-state index in [4.69, 9.17) is 0 Å². The van der Waals surface area contributed by atoms with Crippen LogP contribution in [0.5, 0.6) is 0 Å². The second-order valence-electron chi connectivity index (χ2n) is 7.73. The Morgan fingerprint density at radius 2 is 1.54 bits per heavy atom. The van der Waals surface area contributed by atoms with Crippen molar-refractivity contribution < 1.29 is 8.42 Å². The summed E-state index contributed by atoms with van der Waals surface area (Å²) in [5.41, 5.74) is 1.19. The Kier molecular flexibility index (Phi) is 6.46. The van der Waals surface area contributed by atoms with Crippen molar-refractivity contribution in [3.05, 3.63) is 29.8 Å². The molecule has 1 aromatic carbocycles. The van der Waals surface area contributed by atoms with Crippen LogP contribution in [0, 0.1) is 0 Å². The predicted octanol–water partition coefficient (Wildman–Crippen LogP) is 3.48. The predicted molar refractivity (Wildman–Crippen MR) is 99.9 cm³/mol. The molecule has 0 radical (unpaired) electrons. The van der Waals surface area contributed by atoms with Crippen LogP contribution in [0.15, 0.2) is 29.2 Å². The van der Waals surface area contributed by atoms with E-state index >= 15 is 0 Å². The van der Waals surface area contributed by atoms with Crippen LogP contribution in [0.1, 0.15) is 52.5 Å². The average Bonchev–Trinajstić information content (AvgIpc) is 2.55. The molecule has 0 N–H and O–H groups in total. The van der Waals surface area contributed by atoms with Crippen LogP contribution in [0.2, 0.25) is 0 Å². The molecule has 0 spiro atoms. The van der Waals surface area contributed by atoms with Crippen molar-refractivity contribution in [2.24, 2.45) is 0 Å². The first-order valence-corrected chi connectivity index (χ1v) is 10.5. The zero-order valence-corrected chi connectivity index (χ0v) is 16.4. The minimum Gasteiger partial charge on any atom is -0.301 e. The van der Waals surface area contributed by atoms with Gasteiger partial charge in [-0.2, -0.15) is 4.31 Å². The number of hydrogen-bond acceptors (Lipinski definition) is 3. The number of rotatable bonds is 6. The highest BCUT2D eigenvalue weighted by atomic mass is 32.2. The minimum absolute atomic E-state index is 0.0341. The van der Waals surface area contributed by atoms with Crippen LogP contribution in [-0.2, 0) is 15.4 Å².